The van der Waals surface area contributed by atoms with Crippen LogP contribution in [0.25, 0.3) is 0 Å². The summed E-state index contributed by atoms with van der Waals surface area (Å²) in [6, 6.07) is 6.34. The van der Waals surface area contributed by atoms with Gasteiger partial charge in [0.25, 0.3) is 0 Å². The van der Waals surface area contributed by atoms with Crippen molar-refractivity contribution >= 4 is 17.7 Å². The Morgan fingerprint density at radius 3 is 2.63 bits per heavy atom. The Morgan fingerprint density at radius 2 is 1.96 bits per heavy atom. The first-order valence-electron chi connectivity index (χ1n) is 10.2. The number of guanidine groups is 1. The van der Waals surface area contributed by atoms with E-state index >= 15 is 0 Å². The normalized spacial score (nSPS) is 19.1. The predicted octanol–water partition coefficient (Wildman–Crippen LogP) is 1.62. The number of nitrogens with zero attached hydrogens (tertiary/aromatic N) is 4. The number of anilines is 1. The molecule has 0 atom stereocenters. The number of amides is 1. The molecule has 1 amide bonds. The lowest BCUT2D eigenvalue weighted by Crippen LogP contribution is -2.53. The summed E-state index contributed by atoms with van der Waals surface area (Å²) in [6.45, 7) is 6.58. The van der Waals surface area contributed by atoms with Gasteiger partial charge in [-0.05, 0) is 31.9 Å². The molecule has 0 radical (unpaired) electrons. The van der Waals surface area contributed by atoms with Crippen molar-refractivity contribution in [2.24, 2.45) is 4.99 Å². The monoisotopic (exact) mass is 372 g/mol. The van der Waals surface area contributed by atoms with Crippen LogP contribution in [0.15, 0.2) is 29.4 Å². The van der Waals surface area contributed by atoms with Crippen molar-refractivity contribution in [2.75, 3.05) is 44.2 Å². The lowest BCUT2D eigenvalue weighted by molar-refractivity contribution is -0.120. The Labute approximate surface area is 162 Å². The standard InChI is InChI=1S/C20H32N6O/c1-2-21-20(23-16-19(27)24-17-8-4-3-5-9-17)26-14-12-25(13-15-26)18-10-6-7-11-22-18/h6-7,10-11,17H,2-5,8-9,12-16H2,1H3,(H,21,23)(H,24,27). The molecule has 2 heterocycles. The Hall–Kier alpha value is -2.31. The van der Waals surface area contributed by atoms with Gasteiger partial charge in [-0.3, -0.25) is 4.79 Å². The van der Waals surface area contributed by atoms with Crippen LogP contribution in [0.1, 0.15) is 39.0 Å². The molecule has 1 aromatic rings. The lowest BCUT2D eigenvalue weighted by Gasteiger charge is -2.37. The summed E-state index contributed by atoms with van der Waals surface area (Å²) in [7, 11) is 0. The van der Waals surface area contributed by atoms with Gasteiger partial charge in [-0.2, -0.15) is 0 Å². The summed E-state index contributed by atoms with van der Waals surface area (Å²) < 4.78 is 0. The average Bonchev–Trinajstić information content (AvgIpc) is 2.73. The fraction of sp³-hybridized carbons (Fsp3) is 0.650. The first-order valence-corrected chi connectivity index (χ1v) is 10.2. The minimum atomic E-state index is 0.0319. The highest BCUT2D eigenvalue weighted by Gasteiger charge is 2.21. The van der Waals surface area contributed by atoms with Crippen molar-refractivity contribution in [1.82, 2.24) is 20.5 Å². The van der Waals surface area contributed by atoms with Gasteiger partial charge in [-0.1, -0.05) is 25.3 Å². The molecule has 27 heavy (non-hydrogen) atoms. The number of nitrogens with one attached hydrogen (secondary N) is 2. The second-order valence-electron chi connectivity index (χ2n) is 7.23. The maximum absolute atomic E-state index is 12.3. The summed E-state index contributed by atoms with van der Waals surface area (Å²) >= 11 is 0. The molecule has 0 aromatic carbocycles. The van der Waals surface area contributed by atoms with Gasteiger partial charge in [-0.15, -0.1) is 0 Å². The maximum atomic E-state index is 12.3. The van der Waals surface area contributed by atoms with Gasteiger partial charge >= 0.3 is 0 Å². The van der Waals surface area contributed by atoms with Crippen molar-refractivity contribution in [2.45, 2.75) is 45.1 Å². The highest BCUT2D eigenvalue weighted by Crippen LogP contribution is 2.17. The minimum Gasteiger partial charge on any atom is -0.357 e. The number of pyridine rings is 1. The molecule has 1 aliphatic carbocycles. The smallest absolute Gasteiger partial charge is 0.242 e. The lowest BCUT2D eigenvalue weighted by atomic mass is 9.95. The van der Waals surface area contributed by atoms with Gasteiger partial charge < -0.3 is 20.4 Å². The van der Waals surface area contributed by atoms with Gasteiger partial charge in [-0.25, -0.2) is 9.98 Å². The van der Waals surface area contributed by atoms with E-state index in [4.69, 9.17) is 0 Å². The third-order valence-electron chi connectivity index (χ3n) is 5.23. The third kappa shape index (κ3) is 5.84. The zero-order valence-corrected chi connectivity index (χ0v) is 16.4. The van der Waals surface area contributed by atoms with Crippen molar-refractivity contribution in [3.63, 3.8) is 0 Å². The van der Waals surface area contributed by atoms with E-state index in [9.17, 15) is 4.79 Å². The Bertz CT molecular complexity index is 606. The van der Waals surface area contributed by atoms with Gasteiger partial charge in [0, 0.05) is 45.0 Å². The molecule has 1 aliphatic heterocycles. The molecule has 1 aromatic heterocycles. The highest BCUT2D eigenvalue weighted by molar-refractivity contribution is 5.85. The van der Waals surface area contributed by atoms with E-state index in [0.29, 0.717) is 6.04 Å². The zero-order chi connectivity index (χ0) is 18.9. The van der Waals surface area contributed by atoms with Gasteiger partial charge in [0.2, 0.25) is 5.91 Å². The molecule has 2 aliphatic rings. The number of piperazine rings is 1. The number of carbonyl (C=O) groups excluding carboxylic acids is 1. The number of carbonyl (C=O) groups is 1. The molecule has 2 fully saturated rings. The molecule has 0 spiro atoms. The fourth-order valence-corrected chi connectivity index (χ4v) is 3.78. The van der Waals surface area contributed by atoms with E-state index in [0.717, 1.165) is 57.3 Å². The van der Waals surface area contributed by atoms with Crippen LogP contribution >= 0.6 is 0 Å². The Kier molecular flexibility index (Phi) is 7.30. The van der Waals surface area contributed by atoms with Crippen LogP contribution in [-0.2, 0) is 4.79 Å². The third-order valence-corrected chi connectivity index (χ3v) is 5.23. The number of aromatic nitrogens is 1. The fourth-order valence-electron chi connectivity index (χ4n) is 3.78. The van der Waals surface area contributed by atoms with Gasteiger partial charge in [0.1, 0.15) is 12.4 Å². The van der Waals surface area contributed by atoms with Gasteiger partial charge in [0.15, 0.2) is 5.96 Å². The van der Waals surface area contributed by atoms with E-state index in [1.54, 1.807) is 0 Å². The van der Waals surface area contributed by atoms with E-state index < -0.39 is 0 Å². The van der Waals surface area contributed by atoms with Crippen molar-refractivity contribution in [3.05, 3.63) is 24.4 Å². The average molecular weight is 373 g/mol. The largest absolute Gasteiger partial charge is 0.357 e. The second-order valence-corrected chi connectivity index (χ2v) is 7.23. The van der Waals surface area contributed by atoms with E-state index in [-0.39, 0.29) is 12.5 Å². The zero-order valence-electron chi connectivity index (χ0n) is 16.4. The van der Waals surface area contributed by atoms with Crippen LogP contribution in [0.3, 0.4) is 0 Å². The van der Waals surface area contributed by atoms with Crippen LogP contribution in [0, 0.1) is 0 Å². The molecule has 2 N–H and O–H groups in total. The number of hydrogen-bond donors (Lipinski definition) is 2. The summed E-state index contributed by atoms with van der Waals surface area (Å²) in [5.74, 6) is 1.88. The SMILES string of the molecule is CCNC(=NCC(=O)NC1CCCCC1)N1CCN(c2ccccn2)CC1. The number of aliphatic imine (C=N–C) groups is 1. The minimum absolute atomic E-state index is 0.0319. The topological polar surface area (TPSA) is 72.9 Å². The van der Waals surface area contributed by atoms with Crippen molar-refractivity contribution < 1.29 is 4.79 Å². The van der Waals surface area contributed by atoms with E-state index in [1.807, 2.05) is 24.4 Å². The molecular weight excluding hydrogens is 340 g/mol. The van der Waals surface area contributed by atoms with E-state index in [2.05, 4.69) is 37.3 Å². The molecule has 7 heteroatoms. The summed E-state index contributed by atoms with van der Waals surface area (Å²) in [4.78, 5) is 25.8. The molecule has 1 saturated heterocycles. The summed E-state index contributed by atoms with van der Waals surface area (Å²) in [6.07, 6.45) is 7.77. The number of hydrogen-bond acceptors (Lipinski definition) is 4. The first kappa shape index (κ1) is 19.5. The van der Waals surface area contributed by atoms with Crippen LogP contribution in [0.5, 0.6) is 0 Å². The molecule has 0 bridgehead atoms. The predicted molar refractivity (Wildman–Crippen MR) is 109 cm³/mol. The molecule has 1 saturated carbocycles. The van der Waals surface area contributed by atoms with Crippen LogP contribution in [0.2, 0.25) is 0 Å². The molecule has 148 valence electrons. The summed E-state index contributed by atoms with van der Waals surface area (Å²) in [5, 5.41) is 6.47. The molecular formula is C20H32N6O. The first-order chi connectivity index (χ1) is 13.3. The second kappa shape index (κ2) is 10.1. The molecule has 3 rings (SSSR count). The number of rotatable bonds is 5. The van der Waals surface area contributed by atoms with E-state index in [1.165, 1.54) is 19.3 Å². The van der Waals surface area contributed by atoms with Crippen LogP contribution in [0.4, 0.5) is 5.82 Å². The molecule has 0 unspecified atom stereocenters. The van der Waals surface area contributed by atoms with Crippen LogP contribution in [-0.4, -0.2) is 67.1 Å². The van der Waals surface area contributed by atoms with Crippen LogP contribution < -0.4 is 15.5 Å². The summed E-state index contributed by atoms with van der Waals surface area (Å²) in [5.41, 5.74) is 0. The van der Waals surface area contributed by atoms with Gasteiger partial charge in [0.05, 0.1) is 0 Å². The Balaban J connectivity index is 1.50. The van der Waals surface area contributed by atoms with Crippen molar-refractivity contribution in [3.8, 4) is 0 Å². The Morgan fingerprint density at radius 1 is 1.19 bits per heavy atom. The highest BCUT2D eigenvalue weighted by atomic mass is 16.1. The molecule has 7 nitrogen and oxygen atoms in total. The quantitative estimate of drug-likeness (QED) is 0.607. The maximum Gasteiger partial charge on any atom is 0.242 e. The van der Waals surface area contributed by atoms with Crippen molar-refractivity contribution in [1.29, 1.82) is 0 Å².